The molecule has 1 aliphatic rings. The summed E-state index contributed by atoms with van der Waals surface area (Å²) in [5.41, 5.74) is 7.64. The number of ether oxygens (including phenoxy) is 1. The molecule has 2 rings (SSSR count). The van der Waals surface area contributed by atoms with Gasteiger partial charge in [-0.1, -0.05) is 12.1 Å². The van der Waals surface area contributed by atoms with Gasteiger partial charge in [-0.3, -0.25) is 4.79 Å². The number of esters is 1. The van der Waals surface area contributed by atoms with Crippen LogP contribution in [-0.2, 0) is 9.53 Å². The van der Waals surface area contributed by atoms with Gasteiger partial charge in [-0.15, -0.1) is 0 Å². The van der Waals surface area contributed by atoms with E-state index in [9.17, 15) is 4.79 Å². The van der Waals surface area contributed by atoms with Crippen molar-refractivity contribution in [3.8, 4) is 0 Å². The third-order valence-corrected chi connectivity index (χ3v) is 3.35. The van der Waals surface area contributed by atoms with E-state index in [0.29, 0.717) is 0 Å². The molecule has 0 aromatic heterocycles. The molecular weight excluding hydrogens is 216 g/mol. The van der Waals surface area contributed by atoms with E-state index in [1.54, 1.807) is 0 Å². The molecule has 1 saturated heterocycles. The number of nitrogen functional groups attached to an aromatic ring is 1. The highest BCUT2D eigenvalue weighted by atomic mass is 16.5. The summed E-state index contributed by atoms with van der Waals surface area (Å²) in [5, 5.41) is 0. The molecule has 0 unspecified atom stereocenters. The molecule has 1 aromatic rings. The molecule has 2 N–H and O–H groups in total. The van der Waals surface area contributed by atoms with Crippen molar-refractivity contribution in [3.05, 3.63) is 29.8 Å². The Morgan fingerprint density at radius 3 is 2.88 bits per heavy atom. The minimum Gasteiger partial charge on any atom is -0.469 e. The van der Waals surface area contributed by atoms with Gasteiger partial charge in [0.25, 0.3) is 0 Å². The molecule has 4 heteroatoms. The van der Waals surface area contributed by atoms with Crippen LogP contribution in [0.25, 0.3) is 0 Å². The molecule has 4 nitrogen and oxygen atoms in total. The quantitative estimate of drug-likeness (QED) is 0.614. The number of likely N-dealkylation sites (tertiary alicyclic amines) is 1. The highest BCUT2D eigenvalue weighted by molar-refractivity contribution is 5.74. The third kappa shape index (κ3) is 2.42. The Balaban J connectivity index is 2.26. The second kappa shape index (κ2) is 4.75. The average Bonchev–Trinajstić information content (AvgIpc) is 2.70. The van der Waals surface area contributed by atoms with Crippen LogP contribution in [0.15, 0.2) is 24.3 Å². The van der Waals surface area contributed by atoms with Crippen molar-refractivity contribution in [2.24, 2.45) is 5.92 Å². The Kier molecular flexibility index (Phi) is 3.33. The van der Waals surface area contributed by atoms with E-state index < -0.39 is 0 Å². The Hall–Kier alpha value is -1.55. The second-order valence-corrected chi connectivity index (χ2v) is 4.63. The van der Waals surface area contributed by atoms with Crippen molar-refractivity contribution >= 4 is 11.7 Å². The van der Waals surface area contributed by atoms with E-state index in [1.807, 2.05) is 31.3 Å². The van der Waals surface area contributed by atoms with Crippen LogP contribution in [0.1, 0.15) is 11.5 Å². The number of carbonyl (C=O) groups is 1. The molecule has 0 bridgehead atoms. The Labute approximate surface area is 101 Å². The fourth-order valence-electron chi connectivity index (χ4n) is 2.52. The van der Waals surface area contributed by atoms with Gasteiger partial charge in [0.2, 0.25) is 0 Å². The maximum absolute atomic E-state index is 11.7. The summed E-state index contributed by atoms with van der Waals surface area (Å²) in [4.78, 5) is 13.9. The van der Waals surface area contributed by atoms with Gasteiger partial charge in [0.1, 0.15) is 0 Å². The van der Waals surface area contributed by atoms with E-state index in [2.05, 4.69) is 4.90 Å². The molecule has 2 atom stereocenters. The van der Waals surface area contributed by atoms with Crippen LogP contribution in [-0.4, -0.2) is 38.1 Å². The highest BCUT2D eigenvalue weighted by Gasteiger charge is 2.37. The molecule has 0 saturated carbocycles. The predicted octanol–water partition coefficient (Wildman–Crippen LogP) is 1.09. The fraction of sp³-hybridized carbons (Fsp3) is 0.462. The number of rotatable bonds is 2. The van der Waals surface area contributed by atoms with Crippen molar-refractivity contribution < 1.29 is 9.53 Å². The van der Waals surface area contributed by atoms with Gasteiger partial charge in [0.05, 0.1) is 13.0 Å². The van der Waals surface area contributed by atoms with E-state index in [1.165, 1.54) is 7.11 Å². The maximum Gasteiger partial charge on any atom is 0.310 e. The molecule has 1 aromatic carbocycles. The van der Waals surface area contributed by atoms with Crippen molar-refractivity contribution in [1.82, 2.24) is 4.90 Å². The van der Waals surface area contributed by atoms with Crippen LogP contribution in [0.2, 0.25) is 0 Å². The van der Waals surface area contributed by atoms with E-state index in [4.69, 9.17) is 10.5 Å². The van der Waals surface area contributed by atoms with Crippen LogP contribution < -0.4 is 5.73 Å². The van der Waals surface area contributed by atoms with Gasteiger partial charge in [0.15, 0.2) is 0 Å². The lowest BCUT2D eigenvalue weighted by Gasteiger charge is -2.16. The van der Waals surface area contributed by atoms with Crippen LogP contribution in [0.3, 0.4) is 0 Å². The minimum atomic E-state index is -0.137. The lowest BCUT2D eigenvalue weighted by atomic mass is 9.89. The number of carbonyl (C=O) groups excluding carboxylic acids is 1. The van der Waals surface area contributed by atoms with Crippen LogP contribution in [0.4, 0.5) is 5.69 Å². The average molecular weight is 234 g/mol. The highest BCUT2D eigenvalue weighted by Crippen LogP contribution is 2.33. The summed E-state index contributed by atoms with van der Waals surface area (Å²) in [7, 11) is 3.46. The van der Waals surface area contributed by atoms with Crippen molar-refractivity contribution in [1.29, 1.82) is 0 Å². The molecular formula is C13H18N2O2. The Morgan fingerprint density at radius 2 is 2.24 bits per heavy atom. The van der Waals surface area contributed by atoms with Crippen LogP contribution in [0.5, 0.6) is 0 Å². The number of likely N-dealkylation sites (N-methyl/N-ethyl adjacent to an activating group) is 1. The van der Waals surface area contributed by atoms with E-state index in [-0.39, 0.29) is 17.8 Å². The molecule has 0 amide bonds. The largest absolute Gasteiger partial charge is 0.469 e. The zero-order valence-electron chi connectivity index (χ0n) is 10.2. The first-order valence-electron chi connectivity index (χ1n) is 5.73. The number of benzene rings is 1. The molecule has 17 heavy (non-hydrogen) atoms. The standard InChI is InChI=1S/C13H18N2O2/c1-15-7-11(12(8-15)13(16)17-2)9-4-3-5-10(14)6-9/h3-6,11-12H,7-8,14H2,1-2H3/t11-,12-/m0/s1. The maximum atomic E-state index is 11.7. The second-order valence-electron chi connectivity index (χ2n) is 4.63. The first-order chi connectivity index (χ1) is 8.11. The van der Waals surface area contributed by atoms with Gasteiger partial charge < -0.3 is 15.4 Å². The van der Waals surface area contributed by atoms with Crippen LogP contribution in [0, 0.1) is 5.92 Å². The number of anilines is 1. The molecule has 1 aliphatic heterocycles. The molecule has 0 aliphatic carbocycles. The van der Waals surface area contributed by atoms with E-state index >= 15 is 0 Å². The molecule has 1 heterocycles. The van der Waals surface area contributed by atoms with Gasteiger partial charge in [-0.25, -0.2) is 0 Å². The number of methoxy groups -OCH3 is 1. The minimum absolute atomic E-state index is 0.0909. The molecule has 0 radical (unpaired) electrons. The Morgan fingerprint density at radius 1 is 1.47 bits per heavy atom. The SMILES string of the molecule is COC(=O)[C@H]1CN(C)C[C@H]1c1cccc(N)c1. The number of nitrogens with zero attached hydrogens (tertiary/aromatic N) is 1. The topological polar surface area (TPSA) is 55.6 Å². The third-order valence-electron chi connectivity index (χ3n) is 3.35. The number of hydrogen-bond donors (Lipinski definition) is 1. The summed E-state index contributed by atoms with van der Waals surface area (Å²) < 4.78 is 4.87. The predicted molar refractivity (Wildman–Crippen MR) is 66.6 cm³/mol. The Bertz CT molecular complexity index is 420. The zero-order valence-corrected chi connectivity index (χ0v) is 10.2. The van der Waals surface area contributed by atoms with Crippen LogP contribution >= 0.6 is 0 Å². The lowest BCUT2D eigenvalue weighted by Crippen LogP contribution is -2.23. The zero-order chi connectivity index (χ0) is 12.4. The summed E-state index contributed by atoms with van der Waals surface area (Å²) in [5.74, 6) is -0.0514. The summed E-state index contributed by atoms with van der Waals surface area (Å²) >= 11 is 0. The fourth-order valence-corrected chi connectivity index (χ4v) is 2.52. The van der Waals surface area contributed by atoms with Gasteiger partial charge in [-0.2, -0.15) is 0 Å². The molecule has 92 valence electrons. The lowest BCUT2D eigenvalue weighted by molar-refractivity contribution is -0.145. The smallest absolute Gasteiger partial charge is 0.310 e. The van der Waals surface area contributed by atoms with E-state index in [0.717, 1.165) is 24.3 Å². The van der Waals surface area contributed by atoms with Crippen molar-refractivity contribution in [2.75, 3.05) is 33.0 Å². The monoisotopic (exact) mass is 234 g/mol. The first kappa shape index (κ1) is 11.9. The first-order valence-corrected chi connectivity index (χ1v) is 5.73. The molecule has 0 spiro atoms. The van der Waals surface area contributed by atoms with Gasteiger partial charge in [0, 0.05) is 24.7 Å². The van der Waals surface area contributed by atoms with Gasteiger partial charge in [-0.05, 0) is 24.7 Å². The summed E-state index contributed by atoms with van der Waals surface area (Å²) in [6.07, 6.45) is 0. The normalized spacial score (nSPS) is 24.8. The van der Waals surface area contributed by atoms with Gasteiger partial charge >= 0.3 is 5.97 Å². The number of nitrogens with two attached hydrogens (primary N) is 1. The van der Waals surface area contributed by atoms with Crippen molar-refractivity contribution in [3.63, 3.8) is 0 Å². The molecule has 1 fully saturated rings. The summed E-state index contributed by atoms with van der Waals surface area (Å²) in [6, 6.07) is 7.75. The summed E-state index contributed by atoms with van der Waals surface area (Å²) in [6.45, 7) is 1.61. The van der Waals surface area contributed by atoms with Crippen molar-refractivity contribution in [2.45, 2.75) is 5.92 Å². The number of hydrogen-bond acceptors (Lipinski definition) is 4.